The summed E-state index contributed by atoms with van der Waals surface area (Å²) in [5.74, 6) is -0.593. The number of thiocarbonyl (C=S) groups is 1. The first-order valence-electron chi connectivity index (χ1n) is 10.2. The van der Waals surface area contributed by atoms with Gasteiger partial charge in [-0.2, -0.15) is 0 Å². The molecule has 0 saturated carbocycles. The minimum atomic E-state index is -0.593. The number of nitro benzene ring substituents is 2. The second-order valence-corrected chi connectivity index (χ2v) is 8.67. The fourth-order valence-electron chi connectivity index (χ4n) is 3.58. The van der Waals surface area contributed by atoms with Gasteiger partial charge in [0.25, 0.3) is 17.3 Å². The van der Waals surface area contributed by atoms with Crippen LogP contribution in [0.2, 0.25) is 0 Å². The topological polar surface area (TPSA) is 144 Å². The summed E-state index contributed by atoms with van der Waals surface area (Å²) in [6.07, 6.45) is 1.94. The summed E-state index contributed by atoms with van der Waals surface area (Å²) in [6.45, 7) is 1.49. The Morgan fingerprint density at radius 3 is 2.56 bits per heavy atom. The van der Waals surface area contributed by atoms with Crippen molar-refractivity contribution in [2.45, 2.75) is 12.8 Å². The molecule has 0 spiro atoms. The zero-order chi connectivity index (χ0) is 24.2. The number of anilines is 2. The fraction of sp³-hybridized carbons (Fsp3) is 0.190. The maximum absolute atomic E-state index is 12.6. The number of hydrogen-bond acceptors (Lipinski definition) is 9. The van der Waals surface area contributed by atoms with Crippen LogP contribution >= 0.6 is 23.6 Å². The first-order valence-corrected chi connectivity index (χ1v) is 11.5. The van der Waals surface area contributed by atoms with Gasteiger partial charge >= 0.3 is 0 Å². The van der Waals surface area contributed by atoms with E-state index in [4.69, 9.17) is 12.2 Å². The Morgan fingerprint density at radius 2 is 1.85 bits per heavy atom. The van der Waals surface area contributed by atoms with Crippen LogP contribution in [0, 0.1) is 20.2 Å². The number of non-ortho nitro benzene ring substituents is 1. The van der Waals surface area contributed by atoms with E-state index in [1.165, 1.54) is 35.6 Å². The van der Waals surface area contributed by atoms with Crippen molar-refractivity contribution in [3.63, 3.8) is 0 Å². The van der Waals surface area contributed by atoms with E-state index in [0.717, 1.165) is 25.9 Å². The van der Waals surface area contributed by atoms with E-state index in [0.29, 0.717) is 22.1 Å². The van der Waals surface area contributed by atoms with Crippen molar-refractivity contribution < 1.29 is 14.6 Å². The number of nitrogens with one attached hydrogen (secondary N) is 2. The van der Waals surface area contributed by atoms with Gasteiger partial charge in [0.15, 0.2) is 10.2 Å². The van der Waals surface area contributed by atoms with Crippen molar-refractivity contribution in [3.8, 4) is 11.3 Å². The summed E-state index contributed by atoms with van der Waals surface area (Å²) in [5, 5.41) is 29.9. The van der Waals surface area contributed by atoms with Gasteiger partial charge in [0.05, 0.1) is 15.5 Å². The van der Waals surface area contributed by atoms with E-state index >= 15 is 0 Å². The number of carbonyl (C=O) groups is 1. The third-order valence-electron chi connectivity index (χ3n) is 5.19. The van der Waals surface area contributed by atoms with Gasteiger partial charge < -0.3 is 10.2 Å². The third-order valence-corrected chi connectivity index (χ3v) is 6.15. The molecule has 11 nitrogen and oxygen atoms in total. The van der Waals surface area contributed by atoms with Crippen LogP contribution in [0.5, 0.6) is 0 Å². The molecule has 0 atom stereocenters. The smallest absolute Gasteiger partial charge is 0.293 e. The molecule has 4 rings (SSSR count). The summed E-state index contributed by atoms with van der Waals surface area (Å²) in [7, 11) is 0. The molecule has 1 saturated heterocycles. The van der Waals surface area contributed by atoms with Crippen LogP contribution in [0.3, 0.4) is 0 Å². The Balaban J connectivity index is 1.43. The molecule has 1 aliphatic heterocycles. The van der Waals surface area contributed by atoms with Crippen molar-refractivity contribution in [2.24, 2.45) is 0 Å². The Morgan fingerprint density at radius 1 is 1.09 bits per heavy atom. The van der Waals surface area contributed by atoms with Crippen molar-refractivity contribution in [2.75, 3.05) is 23.3 Å². The van der Waals surface area contributed by atoms with Gasteiger partial charge in [0, 0.05) is 47.8 Å². The van der Waals surface area contributed by atoms with Gasteiger partial charge in [-0.15, -0.1) is 11.3 Å². The Bertz CT molecular complexity index is 1290. The highest BCUT2D eigenvalue weighted by Crippen LogP contribution is 2.32. The average Bonchev–Trinajstić information content (AvgIpc) is 3.51. The SMILES string of the molecule is O=C(NC(=S)Nc1nc(-c2cccc([N+](=O)[O-])c2)cs1)c1ccc(N2CCCC2)c([N+](=O)[O-])c1. The number of hydrogen-bond donors (Lipinski definition) is 2. The standard InChI is InChI=1S/C21H18N6O5S2/c28-19(14-6-7-17(18(11-14)27(31)32)25-8-1-2-9-25)23-20(33)24-21-22-16(12-34-21)13-4-3-5-15(10-13)26(29)30/h3-7,10-12H,1-2,8-9H2,(H2,22,23,24,28,33). The first kappa shape index (κ1) is 23.2. The van der Waals surface area contributed by atoms with Crippen molar-refractivity contribution in [3.05, 3.63) is 73.6 Å². The molecular weight excluding hydrogens is 480 g/mol. The molecule has 0 bridgehead atoms. The fourth-order valence-corrected chi connectivity index (χ4v) is 4.56. The molecule has 34 heavy (non-hydrogen) atoms. The van der Waals surface area contributed by atoms with Gasteiger partial charge in [-0.05, 0) is 37.2 Å². The maximum Gasteiger partial charge on any atom is 0.293 e. The normalized spacial score (nSPS) is 12.9. The lowest BCUT2D eigenvalue weighted by molar-refractivity contribution is -0.384. The molecule has 2 heterocycles. The van der Waals surface area contributed by atoms with Crippen LogP contribution in [0.4, 0.5) is 22.2 Å². The van der Waals surface area contributed by atoms with Gasteiger partial charge in [-0.25, -0.2) is 4.98 Å². The molecule has 2 N–H and O–H groups in total. The van der Waals surface area contributed by atoms with Crippen LogP contribution in [0.1, 0.15) is 23.2 Å². The van der Waals surface area contributed by atoms with Gasteiger partial charge in [0.2, 0.25) is 0 Å². The molecule has 3 aromatic rings. The summed E-state index contributed by atoms with van der Waals surface area (Å²) < 4.78 is 0. The van der Waals surface area contributed by atoms with Crippen molar-refractivity contribution >= 4 is 56.8 Å². The molecule has 1 aromatic heterocycles. The largest absolute Gasteiger partial charge is 0.366 e. The second-order valence-electron chi connectivity index (χ2n) is 7.41. The van der Waals surface area contributed by atoms with E-state index in [1.807, 2.05) is 4.90 Å². The Kier molecular flexibility index (Phi) is 6.75. The van der Waals surface area contributed by atoms with Gasteiger partial charge in [-0.3, -0.25) is 30.3 Å². The highest BCUT2D eigenvalue weighted by atomic mass is 32.1. The second kappa shape index (κ2) is 9.89. The number of benzene rings is 2. The maximum atomic E-state index is 12.6. The molecule has 0 aliphatic carbocycles. The molecule has 1 amide bonds. The van der Waals surface area contributed by atoms with Crippen molar-refractivity contribution in [1.82, 2.24) is 10.3 Å². The number of rotatable bonds is 6. The Hall–Kier alpha value is -3.97. The van der Waals surface area contributed by atoms with Crippen LogP contribution < -0.4 is 15.5 Å². The summed E-state index contributed by atoms with van der Waals surface area (Å²) in [5.41, 5.74) is 1.51. The lowest BCUT2D eigenvalue weighted by Crippen LogP contribution is -2.34. The molecule has 1 fully saturated rings. The molecule has 1 aliphatic rings. The number of aromatic nitrogens is 1. The molecular formula is C21H18N6O5S2. The molecule has 174 valence electrons. The van der Waals surface area contributed by atoms with Gasteiger partial charge in [0.1, 0.15) is 5.69 Å². The molecule has 0 radical (unpaired) electrons. The number of nitrogens with zero attached hydrogens (tertiary/aromatic N) is 4. The van der Waals surface area contributed by atoms with E-state index in [9.17, 15) is 25.0 Å². The van der Waals surface area contributed by atoms with Crippen molar-refractivity contribution in [1.29, 1.82) is 0 Å². The Labute approximate surface area is 202 Å². The average molecular weight is 499 g/mol. The molecule has 13 heteroatoms. The number of nitro groups is 2. The minimum absolute atomic E-state index is 0.0313. The summed E-state index contributed by atoms with van der Waals surface area (Å²) in [6, 6.07) is 10.4. The van der Waals surface area contributed by atoms with Crippen LogP contribution in [-0.2, 0) is 0 Å². The summed E-state index contributed by atoms with van der Waals surface area (Å²) in [4.78, 5) is 40.5. The van der Waals surface area contributed by atoms with Gasteiger partial charge in [-0.1, -0.05) is 12.1 Å². The minimum Gasteiger partial charge on any atom is -0.366 e. The van der Waals surface area contributed by atoms with E-state index in [-0.39, 0.29) is 22.1 Å². The number of carbonyl (C=O) groups excluding carboxylic acids is 1. The lowest BCUT2D eigenvalue weighted by atomic mass is 10.1. The number of amides is 1. The van der Waals surface area contributed by atoms with Crippen LogP contribution in [0.25, 0.3) is 11.3 Å². The number of thiazole rings is 1. The molecule has 2 aromatic carbocycles. The van der Waals surface area contributed by atoms with E-state index in [2.05, 4.69) is 15.6 Å². The third kappa shape index (κ3) is 5.15. The van der Waals surface area contributed by atoms with Crippen LogP contribution in [-0.4, -0.2) is 38.9 Å². The lowest BCUT2D eigenvalue weighted by Gasteiger charge is -2.17. The van der Waals surface area contributed by atoms with E-state index in [1.54, 1.807) is 23.6 Å². The first-order chi connectivity index (χ1) is 16.3. The zero-order valence-electron chi connectivity index (χ0n) is 17.6. The zero-order valence-corrected chi connectivity index (χ0v) is 19.2. The summed E-state index contributed by atoms with van der Waals surface area (Å²) >= 11 is 6.39. The quantitative estimate of drug-likeness (QED) is 0.288. The predicted molar refractivity (Wildman–Crippen MR) is 132 cm³/mol. The highest BCUT2D eigenvalue weighted by molar-refractivity contribution is 7.80. The predicted octanol–water partition coefficient (Wildman–Crippen LogP) is 4.35. The monoisotopic (exact) mass is 498 g/mol. The van der Waals surface area contributed by atoms with E-state index < -0.39 is 15.8 Å². The van der Waals surface area contributed by atoms with Crippen LogP contribution in [0.15, 0.2) is 47.8 Å². The highest BCUT2D eigenvalue weighted by Gasteiger charge is 2.24. The molecule has 0 unspecified atom stereocenters.